The van der Waals surface area contributed by atoms with Crippen LogP contribution in [-0.4, -0.2) is 27.3 Å². The molecular weight excluding hydrogens is 254 g/mol. The van der Waals surface area contributed by atoms with Crippen LogP contribution in [0.25, 0.3) is 0 Å². The van der Waals surface area contributed by atoms with Gasteiger partial charge in [-0.05, 0) is 43.5 Å². The lowest BCUT2D eigenvalue weighted by molar-refractivity contribution is 0.291. The van der Waals surface area contributed by atoms with Crippen LogP contribution in [-0.2, 0) is 13.0 Å². The minimum Gasteiger partial charge on any atom is -0.492 e. The van der Waals surface area contributed by atoms with Crippen LogP contribution in [0.15, 0.2) is 47.9 Å². The highest BCUT2D eigenvalue weighted by Crippen LogP contribution is 2.13. The Bertz CT molecular complexity index is 533. The van der Waals surface area contributed by atoms with E-state index in [0.29, 0.717) is 6.61 Å². The molecule has 0 aliphatic rings. The number of ether oxygens (including phenoxy) is 1. The Balaban J connectivity index is 1.76. The molecule has 106 valence electrons. The van der Waals surface area contributed by atoms with Gasteiger partial charge in [0.05, 0.1) is 12.3 Å². The van der Waals surface area contributed by atoms with Gasteiger partial charge in [-0.3, -0.25) is 4.68 Å². The summed E-state index contributed by atoms with van der Waals surface area (Å²) < 4.78 is 7.50. The SMILES string of the molecule is CC(CCc1ccc(OCCn2cccn2)cc1)=NO. The van der Waals surface area contributed by atoms with E-state index < -0.39 is 0 Å². The van der Waals surface area contributed by atoms with E-state index in [2.05, 4.69) is 10.3 Å². The lowest BCUT2D eigenvalue weighted by Crippen LogP contribution is -2.08. The molecule has 1 aromatic heterocycles. The molecule has 0 aliphatic heterocycles. The van der Waals surface area contributed by atoms with Crippen molar-refractivity contribution >= 4 is 5.71 Å². The van der Waals surface area contributed by atoms with Gasteiger partial charge in [0.25, 0.3) is 0 Å². The van der Waals surface area contributed by atoms with Gasteiger partial charge < -0.3 is 9.94 Å². The highest BCUT2D eigenvalue weighted by molar-refractivity contribution is 5.81. The third-order valence-electron chi connectivity index (χ3n) is 3.02. The molecule has 0 saturated carbocycles. The van der Waals surface area contributed by atoms with Crippen LogP contribution in [0.4, 0.5) is 0 Å². The van der Waals surface area contributed by atoms with E-state index in [1.807, 2.05) is 48.1 Å². The molecule has 5 heteroatoms. The second-order valence-electron chi connectivity index (χ2n) is 4.60. The van der Waals surface area contributed by atoms with E-state index in [1.54, 1.807) is 6.20 Å². The second kappa shape index (κ2) is 7.33. The van der Waals surface area contributed by atoms with Gasteiger partial charge >= 0.3 is 0 Å². The minimum absolute atomic E-state index is 0.595. The van der Waals surface area contributed by atoms with Crippen LogP contribution in [0.3, 0.4) is 0 Å². The van der Waals surface area contributed by atoms with Crippen LogP contribution in [0.5, 0.6) is 5.75 Å². The number of nitrogens with zero attached hydrogens (tertiary/aromatic N) is 3. The summed E-state index contributed by atoms with van der Waals surface area (Å²) in [5.74, 6) is 0.855. The third kappa shape index (κ3) is 4.42. The molecule has 0 radical (unpaired) electrons. The van der Waals surface area contributed by atoms with Crippen molar-refractivity contribution in [3.8, 4) is 5.75 Å². The molecule has 0 spiro atoms. The topological polar surface area (TPSA) is 59.6 Å². The smallest absolute Gasteiger partial charge is 0.119 e. The van der Waals surface area contributed by atoms with Gasteiger partial charge in [0.2, 0.25) is 0 Å². The van der Waals surface area contributed by atoms with E-state index in [0.717, 1.165) is 30.8 Å². The summed E-state index contributed by atoms with van der Waals surface area (Å²) in [7, 11) is 0. The van der Waals surface area contributed by atoms with Gasteiger partial charge in [-0.25, -0.2) is 0 Å². The summed E-state index contributed by atoms with van der Waals surface area (Å²) in [4.78, 5) is 0. The van der Waals surface area contributed by atoms with E-state index in [1.165, 1.54) is 5.56 Å². The number of hydrogen-bond donors (Lipinski definition) is 1. The molecule has 2 rings (SSSR count). The Hall–Kier alpha value is -2.30. The van der Waals surface area contributed by atoms with Crippen molar-refractivity contribution in [1.29, 1.82) is 0 Å². The predicted molar refractivity (Wildman–Crippen MR) is 77.4 cm³/mol. The summed E-state index contributed by atoms with van der Waals surface area (Å²) >= 11 is 0. The van der Waals surface area contributed by atoms with Gasteiger partial charge in [0.15, 0.2) is 0 Å². The van der Waals surface area contributed by atoms with Crippen molar-refractivity contribution in [3.05, 3.63) is 48.3 Å². The van der Waals surface area contributed by atoms with E-state index in [9.17, 15) is 0 Å². The van der Waals surface area contributed by atoms with Crippen molar-refractivity contribution < 1.29 is 9.94 Å². The molecular formula is C15H19N3O2. The molecule has 20 heavy (non-hydrogen) atoms. The molecule has 2 aromatic rings. The zero-order valence-electron chi connectivity index (χ0n) is 11.6. The van der Waals surface area contributed by atoms with Gasteiger partial charge in [-0.1, -0.05) is 17.3 Å². The number of rotatable bonds is 7. The van der Waals surface area contributed by atoms with Crippen molar-refractivity contribution in [1.82, 2.24) is 9.78 Å². The summed E-state index contributed by atoms with van der Waals surface area (Å²) in [5, 5.41) is 15.9. The van der Waals surface area contributed by atoms with Crippen LogP contribution in [0, 0.1) is 0 Å². The average Bonchev–Trinajstić information content (AvgIpc) is 2.99. The summed E-state index contributed by atoms with van der Waals surface area (Å²) in [6, 6.07) is 9.89. The molecule has 5 nitrogen and oxygen atoms in total. The molecule has 0 aliphatic carbocycles. The van der Waals surface area contributed by atoms with E-state index in [-0.39, 0.29) is 0 Å². The van der Waals surface area contributed by atoms with E-state index in [4.69, 9.17) is 9.94 Å². The largest absolute Gasteiger partial charge is 0.492 e. The zero-order chi connectivity index (χ0) is 14.2. The third-order valence-corrected chi connectivity index (χ3v) is 3.02. The Morgan fingerprint density at radius 2 is 2.15 bits per heavy atom. The highest BCUT2D eigenvalue weighted by Gasteiger charge is 1.98. The Labute approximate surface area is 118 Å². The lowest BCUT2D eigenvalue weighted by Gasteiger charge is -2.07. The minimum atomic E-state index is 0.595. The van der Waals surface area contributed by atoms with Crippen molar-refractivity contribution in [2.45, 2.75) is 26.3 Å². The van der Waals surface area contributed by atoms with Crippen LogP contribution in [0.1, 0.15) is 18.9 Å². The summed E-state index contributed by atoms with van der Waals surface area (Å²) in [6.07, 6.45) is 5.30. The van der Waals surface area contributed by atoms with Crippen molar-refractivity contribution in [3.63, 3.8) is 0 Å². The van der Waals surface area contributed by atoms with Crippen LogP contribution >= 0.6 is 0 Å². The van der Waals surface area contributed by atoms with Crippen LogP contribution < -0.4 is 4.74 Å². The first-order valence-corrected chi connectivity index (χ1v) is 6.64. The Kier molecular flexibility index (Phi) is 5.17. The maximum Gasteiger partial charge on any atom is 0.119 e. The van der Waals surface area contributed by atoms with Gasteiger partial charge in [-0.2, -0.15) is 5.10 Å². The molecule has 1 aromatic carbocycles. The Morgan fingerprint density at radius 3 is 2.80 bits per heavy atom. The molecule has 0 bridgehead atoms. The number of aryl methyl sites for hydroxylation is 1. The number of aromatic nitrogens is 2. The number of benzene rings is 1. The maximum absolute atomic E-state index is 8.59. The first-order chi connectivity index (χ1) is 9.78. The van der Waals surface area contributed by atoms with Crippen LogP contribution in [0.2, 0.25) is 0 Å². The molecule has 0 amide bonds. The van der Waals surface area contributed by atoms with Gasteiger partial charge in [0, 0.05) is 12.4 Å². The van der Waals surface area contributed by atoms with E-state index >= 15 is 0 Å². The molecule has 0 unspecified atom stereocenters. The number of oxime groups is 1. The van der Waals surface area contributed by atoms with Crippen molar-refractivity contribution in [2.24, 2.45) is 5.16 Å². The molecule has 0 atom stereocenters. The normalized spacial score (nSPS) is 11.6. The second-order valence-corrected chi connectivity index (χ2v) is 4.60. The molecule has 1 N–H and O–H groups in total. The fraction of sp³-hybridized carbons (Fsp3) is 0.333. The first kappa shape index (κ1) is 14.1. The number of hydrogen-bond acceptors (Lipinski definition) is 4. The fourth-order valence-corrected chi connectivity index (χ4v) is 1.82. The first-order valence-electron chi connectivity index (χ1n) is 6.64. The predicted octanol–water partition coefficient (Wildman–Crippen LogP) is 2.74. The summed E-state index contributed by atoms with van der Waals surface area (Å²) in [6.45, 7) is 3.14. The quantitative estimate of drug-likeness (QED) is 0.479. The molecule has 0 fully saturated rings. The highest BCUT2D eigenvalue weighted by atomic mass is 16.5. The monoisotopic (exact) mass is 273 g/mol. The molecule has 1 heterocycles. The lowest BCUT2D eigenvalue weighted by atomic mass is 10.1. The zero-order valence-corrected chi connectivity index (χ0v) is 11.6. The van der Waals surface area contributed by atoms with Gasteiger partial charge in [0.1, 0.15) is 12.4 Å². The average molecular weight is 273 g/mol. The molecule has 0 saturated heterocycles. The fourth-order valence-electron chi connectivity index (χ4n) is 1.82. The van der Waals surface area contributed by atoms with Crippen molar-refractivity contribution in [2.75, 3.05) is 6.61 Å². The maximum atomic E-state index is 8.59. The standard InChI is InChI=1S/C15H19N3O2/c1-13(17-19)3-4-14-5-7-15(8-6-14)20-12-11-18-10-2-9-16-18/h2,5-10,19H,3-4,11-12H2,1H3. The Morgan fingerprint density at radius 1 is 1.35 bits per heavy atom. The van der Waals surface area contributed by atoms with Gasteiger partial charge in [-0.15, -0.1) is 0 Å². The summed E-state index contributed by atoms with van der Waals surface area (Å²) in [5.41, 5.74) is 1.94.